The van der Waals surface area contributed by atoms with E-state index in [1.807, 2.05) is 0 Å². The lowest BCUT2D eigenvalue weighted by Crippen LogP contribution is -1.90. The Morgan fingerprint density at radius 1 is 1.21 bits per heavy atom. The lowest BCUT2D eigenvalue weighted by molar-refractivity contribution is 0.620. The summed E-state index contributed by atoms with van der Waals surface area (Å²) in [6.07, 6.45) is 0. The summed E-state index contributed by atoms with van der Waals surface area (Å²) in [6, 6.07) is 6.56. The van der Waals surface area contributed by atoms with Gasteiger partial charge in [0.15, 0.2) is 0 Å². The lowest BCUT2D eigenvalue weighted by atomic mass is 10.1. The molecule has 3 heteroatoms. The van der Waals surface area contributed by atoms with E-state index >= 15 is 0 Å². The molecule has 0 unspecified atom stereocenters. The zero-order chi connectivity index (χ0) is 10.3. The molecule has 2 N–H and O–H groups in total. The first-order chi connectivity index (χ1) is 6.58. The second kappa shape index (κ2) is 3.14. The van der Waals surface area contributed by atoms with Crippen molar-refractivity contribution in [2.45, 2.75) is 6.92 Å². The molecule has 0 aromatic heterocycles. The average Bonchev–Trinajstić information content (AvgIpc) is 2.08. The van der Waals surface area contributed by atoms with E-state index < -0.39 is 0 Å². The van der Waals surface area contributed by atoms with Gasteiger partial charge in [-0.2, -0.15) is 0 Å². The van der Waals surface area contributed by atoms with E-state index in [4.69, 9.17) is 17.3 Å². The normalized spacial score (nSPS) is 10.8. The molecule has 0 aliphatic heterocycles. The topological polar surface area (TPSA) is 26.0 Å². The predicted octanol–water partition coefficient (Wildman–Crippen LogP) is 3.52. The number of rotatable bonds is 0. The molecule has 1 nitrogen and oxygen atoms in total. The highest BCUT2D eigenvalue weighted by Gasteiger charge is 2.04. The van der Waals surface area contributed by atoms with Crippen molar-refractivity contribution in [1.82, 2.24) is 0 Å². The van der Waals surface area contributed by atoms with Gasteiger partial charge in [0.25, 0.3) is 0 Å². The van der Waals surface area contributed by atoms with E-state index in [9.17, 15) is 4.39 Å². The van der Waals surface area contributed by atoms with Gasteiger partial charge < -0.3 is 5.73 Å². The maximum Gasteiger partial charge on any atom is 0.126 e. The second-order valence-electron chi connectivity index (χ2n) is 3.32. The van der Waals surface area contributed by atoms with Gasteiger partial charge in [-0.1, -0.05) is 11.6 Å². The Hall–Kier alpha value is -1.28. The van der Waals surface area contributed by atoms with Crippen molar-refractivity contribution >= 4 is 28.1 Å². The molecule has 2 aromatic rings. The fraction of sp³-hybridized carbons (Fsp3) is 0.0909. The maximum atomic E-state index is 13.2. The van der Waals surface area contributed by atoms with Gasteiger partial charge in [-0.05, 0) is 42.1 Å². The Kier molecular flexibility index (Phi) is 2.08. The molecule has 0 aliphatic carbocycles. The number of hydrogen-bond acceptors (Lipinski definition) is 1. The molecule has 0 saturated heterocycles. The van der Waals surface area contributed by atoms with Gasteiger partial charge in [0.2, 0.25) is 0 Å². The summed E-state index contributed by atoms with van der Waals surface area (Å²) >= 11 is 5.81. The molecule has 0 radical (unpaired) electrons. The minimum atomic E-state index is -0.237. The van der Waals surface area contributed by atoms with Crippen molar-refractivity contribution in [3.05, 3.63) is 40.7 Å². The van der Waals surface area contributed by atoms with E-state index in [0.717, 1.165) is 10.8 Å². The molecule has 2 aromatic carbocycles. The average molecular weight is 210 g/mol. The number of aryl methyl sites for hydroxylation is 1. The molecule has 0 amide bonds. The third-order valence-corrected chi connectivity index (χ3v) is 2.45. The van der Waals surface area contributed by atoms with Crippen LogP contribution in [0.1, 0.15) is 5.56 Å². The standard InChI is InChI=1S/C11H9ClFN/c1-6-2-9-7(4-10(6)13)3-8(12)5-11(9)14/h2-5H,14H2,1H3. The Morgan fingerprint density at radius 3 is 2.64 bits per heavy atom. The molecule has 72 valence electrons. The first-order valence-corrected chi connectivity index (χ1v) is 4.60. The third kappa shape index (κ3) is 1.42. The summed E-state index contributed by atoms with van der Waals surface area (Å²) in [5.41, 5.74) is 6.94. The molecule has 14 heavy (non-hydrogen) atoms. The first kappa shape index (κ1) is 9.28. The zero-order valence-electron chi connectivity index (χ0n) is 7.64. The first-order valence-electron chi connectivity index (χ1n) is 4.23. The van der Waals surface area contributed by atoms with Gasteiger partial charge >= 0.3 is 0 Å². The second-order valence-corrected chi connectivity index (χ2v) is 3.75. The van der Waals surface area contributed by atoms with Crippen molar-refractivity contribution in [3.8, 4) is 0 Å². The fourth-order valence-corrected chi connectivity index (χ4v) is 1.72. The SMILES string of the molecule is Cc1cc2c(N)cc(Cl)cc2cc1F. The molecule has 0 bridgehead atoms. The van der Waals surface area contributed by atoms with Crippen LogP contribution in [0.5, 0.6) is 0 Å². The number of anilines is 1. The summed E-state index contributed by atoms with van der Waals surface area (Å²) in [7, 11) is 0. The molecular formula is C11H9ClFN. The highest BCUT2D eigenvalue weighted by atomic mass is 35.5. The Bertz CT molecular complexity index is 508. The maximum absolute atomic E-state index is 13.2. The highest BCUT2D eigenvalue weighted by Crippen LogP contribution is 2.27. The summed E-state index contributed by atoms with van der Waals surface area (Å²) in [5.74, 6) is -0.237. The summed E-state index contributed by atoms with van der Waals surface area (Å²) in [6.45, 7) is 1.71. The quantitative estimate of drug-likeness (QED) is 0.660. The van der Waals surface area contributed by atoms with Crippen LogP contribution in [0, 0.1) is 12.7 Å². The van der Waals surface area contributed by atoms with Gasteiger partial charge in [-0.3, -0.25) is 0 Å². The van der Waals surface area contributed by atoms with Crippen LogP contribution in [-0.4, -0.2) is 0 Å². The summed E-state index contributed by atoms with van der Waals surface area (Å²) < 4.78 is 13.2. The van der Waals surface area contributed by atoms with Gasteiger partial charge in [0, 0.05) is 16.1 Å². The molecule has 0 atom stereocenters. The van der Waals surface area contributed by atoms with Crippen LogP contribution in [0.2, 0.25) is 5.02 Å². The van der Waals surface area contributed by atoms with Crippen LogP contribution in [0.4, 0.5) is 10.1 Å². The number of fused-ring (bicyclic) bond motifs is 1. The van der Waals surface area contributed by atoms with Crippen LogP contribution in [-0.2, 0) is 0 Å². The molecule has 0 heterocycles. The minimum Gasteiger partial charge on any atom is -0.398 e. The minimum absolute atomic E-state index is 0.237. The van der Waals surface area contributed by atoms with Crippen LogP contribution in [0.15, 0.2) is 24.3 Å². The molecule has 0 aliphatic rings. The van der Waals surface area contributed by atoms with Crippen LogP contribution in [0.3, 0.4) is 0 Å². The summed E-state index contributed by atoms with van der Waals surface area (Å²) in [4.78, 5) is 0. The lowest BCUT2D eigenvalue weighted by Gasteiger charge is -2.05. The Balaban J connectivity index is 2.89. The van der Waals surface area contributed by atoms with E-state index in [1.165, 1.54) is 6.07 Å². The monoisotopic (exact) mass is 209 g/mol. The van der Waals surface area contributed by atoms with Crippen LogP contribution in [0.25, 0.3) is 10.8 Å². The molecule has 0 fully saturated rings. The smallest absolute Gasteiger partial charge is 0.126 e. The predicted molar refractivity (Wildman–Crippen MR) is 58.1 cm³/mol. The van der Waals surface area contributed by atoms with Gasteiger partial charge in [0.1, 0.15) is 5.82 Å². The largest absolute Gasteiger partial charge is 0.398 e. The van der Waals surface area contributed by atoms with Crippen molar-refractivity contribution in [1.29, 1.82) is 0 Å². The number of halogens is 2. The molecule has 0 saturated carbocycles. The Morgan fingerprint density at radius 2 is 1.93 bits per heavy atom. The third-order valence-electron chi connectivity index (χ3n) is 2.23. The number of nitrogens with two attached hydrogens (primary N) is 1. The molecular weight excluding hydrogens is 201 g/mol. The number of nitrogen functional groups attached to an aromatic ring is 1. The highest BCUT2D eigenvalue weighted by molar-refractivity contribution is 6.31. The van der Waals surface area contributed by atoms with Gasteiger partial charge in [0.05, 0.1) is 0 Å². The van der Waals surface area contributed by atoms with E-state index in [-0.39, 0.29) is 5.82 Å². The van der Waals surface area contributed by atoms with E-state index in [2.05, 4.69) is 0 Å². The summed E-state index contributed by atoms with van der Waals surface area (Å²) in [5, 5.41) is 2.10. The molecule has 2 rings (SSSR count). The van der Waals surface area contributed by atoms with E-state index in [1.54, 1.807) is 25.1 Å². The number of hydrogen-bond donors (Lipinski definition) is 1. The van der Waals surface area contributed by atoms with E-state index in [0.29, 0.717) is 16.3 Å². The van der Waals surface area contributed by atoms with Gasteiger partial charge in [-0.15, -0.1) is 0 Å². The van der Waals surface area contributed by atoms with Crippen molar-refractivity contribution in [3.63, 3.8) is 0 Å². The van der Waals surface area contributed by atoms with Crippen LogP contribution >= 0.6 is 11.6 Å². The number of benzene rings is 2. The van der Waals surface area contributed by atoms with Gasteiger partial charge in [-0.25, -0.2) is 4.39 Å². The van der Waals surface area contributed by atoms with Crippen LogP contribution < -0.4 is 5.73 Å². The van der Waals surface area contributed by atoms with Crippen molar-refractivity contribution < 1.29 is 4.39 Å². The zero-order valence-corrected chi connectivity index (χ0v) is 8.40. The molecule has 0 spiro atoms. The fourth-order valence-electron chi connectivity index (χ4n) is 1.48. The Labute approximate surface area is 86.3 Å². The van der Waals surface area contributed by atoms with Crippen molar-refractivity contribution in [2.24, 2.45) is 0 Å². The van der Waals surface area contributed by atoms with Crippen molar-refractivity contribution in [2.75, 3.05) is 5.73 Å².